The number of benzene rings is 1. The molecular weight excluding hydrogens is 197 g/mol. The summed E-state index contributed by atoms with van der Waals surface area (Å²) in [5.41, 5.74) is 3.84. The number of rotatable bonds is 1. The molecule has 0 saturated heterocycles. The maximum absolute atomic E-state index is 12.2. The van der Waals surface area contributed by atoms with E-state index in [0.717, 1.165) is 6.07 Å². The molecule has 0 heterocycles. The van der Waals surface area contributed by atoms with Gasteiger partial charge in [-0.05, 0) is 12.1 Å². The fourth-order valence-electron chi connectivity index (χ4n) is 0.964. The Labute approximate surface area is 77.6 Å². The SMILES string of the molecule is Nc1cccc(C(=NO)C(F)(F)F)c1. The molecule has 0 saturated carbocycles. The first kappa shape index (κ1) is 10.4. The second-order valence-corrected chi connectivity index (χ2v) is 2.57. The molecule has 1 rings (SSSR count). The topological polar surface area (TPSA) is 58.6 Å². The van der Waals surface area contributed by atoms with Gasteiger partial charge in [0.15, 0.2) is 5.71 Å². The predicted molar refractivity (Wildman–Crippen MR) is 45.2 cm³/mol. The molecule has 0 aliphatic heterocycles. The lowest BCUT2D eigenvalue weighted by molar-refractivity contribution is -0.0601. The van der Waals surface area contributed by atoms with Gasteiger partial charge in [0, 0.05) is 11.3 Å². The van der Waals surface area contributed by atoms with Crippen molar-refractivity contribution < 1.29 is 18.4 Å². The van der Waals surface area contributed by atoms with Crippen molar-refractivity contribution >= 4 is 11.4 Å². The van der Waals surface area contributed by atoms with Crippen molar-refractivity contribution in [2.24, 2.45) is 5.16 Å². The zero-order valence-electron chi connectivity index (χ0n) is 6.92. The third-order valence-electron chi connectivity index (χ3n) is 1.53. The minimum atomic E-state index is -4.69. The van der Waals surface area contributed by atoms with E-state index < -0.39 is 11.9 Å². The third-order valence-corrected chi connectivity index (χ3v) is 1.53. The van der Waals surface area contributed by atoms with Gasteiger partial charge in [-0.1, -0.05) is 17.3 Å². The van der Waals surface area contributed by atoms with Crippen LogP contribution in [-0.2, 0) is 0 Å². The quantitative estimate of drug-likeness (QED) is 0.318. The monoisotopic (exact) mass is 204 g/mol. The van der Waals surface area contributed by atoms with Gasteiger partial charge in [0.1, 0.15) is 0 Å². The first-order valence-electron chi connectivity index (χ1n) is 3.60. The number of anilines is 1. The van der Waals surface area contributed by atoms with Crippen LogP contribution in [0.3, 0.4) is 0 Å². The molecule has 3 N–H and O–H groups in total. The van der Waals surface area contributed by atoms with Crippen molar-refractivity contribution in [1.29, 1.82) is 0 Å². The Balaban J connectivity index is 3.16. The maximum Gasteiger partial charge on any atom is 0.437 e. The third kappa shape index (κ3) is 2.15. The van der Waals surface area contributed by atoms with Crippen LogP contribution in [0, 0.1) is 0 Å². The number of halogens is 3. The lowest BCUT2D eigenvalue weighted by Gasteiger charge is -2.08. The summed E-state index contributed by atoms with van der Waals surface area (Å²) in [4.78, 5) is 0. The summed E-state index contributed by atoms with van der Waals surface area (Å²) in [5, 5.41) is 10.4. The van der Waals surface area contributed by atoms with Gasteiger partial charge in [-0.25, -0.2) is 0 Å². The Morgan fingerprint density at radius 3 is 2.43 bits per heavy atom. The average Bonchev–Trinajstić information content (AvgIpc) is 2.02. The van der Waals surface area contributed by atoms with E-state index in [4.69, 9.17) is 10.9 Å². The molecule has 0 spiro atoms. The number of oxime groups is 1. The number of nitrogens with two attached hydrogens (primary N) is 1. The minimum absolute atomic E-state index is 0.174. The van der Waals surface area contributed by atoms with E-state index in [-0.39, 0.29) is 11.3 Å². The molecule has 6 heteroatoms. The van der Waals surface area contributed by atoms with Gasteiger partial charge in [-0.3, -0.25) is 0 Å². The molecule has 76 valence electrons. The van der Waals surface area contributed by atoms with Crippen molar-refractivity contribution in [2.45, 2.75) is 6.18 Å². The fourth-order valence-corrected chi connectivity index (χ4v) is 0.964. The van der Waals surface area contributed by atoms with E-state index in [1.807, 2.05) is 0 Å². The maximum atomic E-state index is 12.2. The van der Waals surface area contributed by atoms with Crippen LogP contribution in [0.5, 0.6) is 0 Å². The molecule has 0 radical (unpaired) electrons. The molecule has 0 unspecified atom stereocenters. The van der Waals surface area contributed by atoms with Crippen LogP contribution >= 0.6 is 0 Å². The van der Waals surface area contributed by atoms with Crippen molar-refractivity contribution in [1.82, 2.24) is 0 Å². The van der Waals surface area contributed by atoms with Crippen LogP contribution in [-0.4, -0.2) is 17.1 Å². The minimum Gasteiger partial charge on any atom is -0.410 e. The summed E-state index contributed by atoms with van der Waals surface area (Å²) in [6.45, 7) is 0. The Kier molecular flexibility index (Phi) is 2.64. The van der Waals surface area contributed by atoms with Gasteiger partial charge in [0.2, 0.25) is 0 Å². The van der Waals surface area contributed by atoms with E-state index in [1.165, 1.54) is 18.2 Å². The lowest BCUT2D eigenvalue weighted by Crippen LogP contribution is -2.24. The van der Waals surface area contributed by atoms with Gasteiger partial charge >= 0.3 is 6.18 Å². The molecule has 0 atom stereocenters. The smallest absolute Gasteiger partial charge is 0.410 e. The van der Waals surface area contributed by atoms with Crippen LogP contribution in [0.4, 0.5) is 18.9 Å². The fraction of sp³-hybridized carbons (Fsp3) is 0.125. The van der Waals surface area contributed by atoms with Gasteiger partial charge in [-0.15, -0.1) is 0 Å². The lowest BCUT2D eigenvalue weighted by atomic mass is 10.1. The predicted octanol–water partition coefficient (Wildman–Crippen LogP) is 2.01. The normalized spacial score (nSPS) is 12.9. The van der Waals surface area contributed by atoms with Gasteiger partial charge in [0.25, 0.3) is 0 Å². The molecular formula is C8H7F3N2O. The first-order chi connectivity index (χ1) is 6.45. The molecule has 0 aliphatic rings. The number of nitrogen functional groups attached to an aromatic ring is 1. The molecule has 0 fully saturated rings. The summed E-state index contributed by atoms with van der Waals surface area (Å²) >= 11 is 0. The van der Waals surface area contributed by atoms with Crippen molar-refractivity contribution in [3.05, 3.63) is 29.8 Å². The molecule has 0 aromatic heterocycles. The Bertz CT molecular complexity index is 360. The van der Waals surface area contributed by atoms with Crippen molar-refractivity contribution in [3.8, 4) is 0 Å². The highest BCUT2D eigenvalue weighted by Gasteiger charge is 2.37. The highest BCUT2D eigenvalue weighted by molar-refractivity contribution is 6.04. The number of nitrogens with zero attached hydrogens (tertiary/aromatic N) is 1. The molecule has 1 aromatic rings. The van der Waals surface area contributed by atoms with Gasteiger partial charge in [-0.2, -0.15) is 13.2 Å². The standard InChI is InChI=1S/C8H7F3N2O/c9-8(10,11)7(13-14)5-2-1-3-6(12)4-5/h1-4,14H,12H2. The van der Waals surface area contributed by atoms with Gasteiger partial charge < -0.3 is 10.9 Å². The summed E-state index contributed by atoms with van der Waals surface area (Å²) in [7, 11) is 0. The zero-order chi connectivity index (χ0) is 10.8. The van der Waals surface area contributed by atoms with Crippen LogP contribution in [0.15, 0.2) is 29.4 Å². The van der Waals surface area contributed by atoms with Crippen molar-refractivity contribution in [2.75, 3.05) is 5.73 Å². The van der Waals surface area contributed by atoms with E-state index in [1.54, 1.807) is 0 Å². The van der Waals surface area contributed by atoms with E-state index in [0.29, 0.717) is 0 Å². The molecule has 0 amide bonds. The van der Waals surface area contributed by atoms with Crippen LogP contribution < -0.4 is 5.73 Å². The second kappa shape index (κ2) is 3.57. The van der Waals surface area contributed by atoms with Gasteiger partial charge in [0.05, 0.1) is 0 Å². The molecule has 0 bridgehead atoms. The van der Waals surface area contributed by atoms with E-state index >= 15 is 0 Å². The highest BCUT2D eigenvalue weighted by atomic mass is 19.4. The Morgan fingerprint density at radius 2 is 2.00 bits per heavy atom. The molecule has 14 heavy (non-hydrogen) atoms. The zero-order valence-corrected chi connectivity index (χ0v) is 6.92. The number of hydrogen-bond donors (Lipinski definition) is 2. The van der Waals surface area contributed by atoms with Crippen molar-refractivity contribution in [3.63, 3.8) is 0 Å². The molecule has 0 aliphatic carbocycles. The second-order valence-electron chi connectivity index (χ2n) is 2.57. The summed E-state index contributed by atoms with van der Waals surface area (Å²) in [6, 6.07) is 5.04. The van der Waals surface area contributed by atoms with Crippen LogP contribution in [0.25, 0.3) is 0 Å². The first-order valence-corrected chi connectivity index (χ1v) is 3.60. The number of hydrogen-bond acceptors (Lipinski definition) is 3. The summed E-state index contributed by atoms with van der Waals surface area (Å²) in [5.74, 6) is 0. The number of alkyl halides is 3. The largest absolute Gasteiger partial charge is 0.437 e. The van der Waals surface area contributed by atoms with E-state index in [9.17, 15) is 13.2 Å². The Hall–Kier alpha value is -1.72. The summed E-state index contributed by atoms with van der Waals surface area (Å²) < 4.78 is 36.6. The molecule has 1 aromatic carbocycles. The van der Waals surface area contributed by atoms with Crippen LogP contribution in [0.1, 0.15) is 5.56 Å². The van der Waals surface area contributed by atoms with Crippen LogP contribution in [0.2, 0.25) is 0 Å². The average molecular weight is 204 g/mol. The van der Waals surface area contributed by atoms with E-state index in [2.05, 4.69) is 5.16 Å². The highest BCUT2D eigenvalue weighted by Crippen LogP contribution is 2.23. The summed E-state index contributed by atoms with van der Waals surface area (Å²) in [6.07, 6.45) is -4.69. The Morgan fingerprint density at radius 1 is 1.36 bits per heavy atom. The molecule has 3 nitrogen and oxygen atoms in total.